The molecule has 0 spiro atoms. The van der Waals surface area contributed by atoms with E-state index in [1.54, 1.807) is 0 Å². The quantitative estimate of drug-likeness (QED) is 0.841. The first-order valence-corrected chi connectivity index (χ1v) is 6.60. The fraction of sp³-hybridized carbons (Fsp3) is 0.571. The molecule has 1 heterocycles. The number of nitrogens with one attached hydrogen (secondary N) is 1. The summed E-state index contributed by atoms with van der Waals surface area (Å²) in [7, 11) is 0. The summed E-state index contributed by atoms with van der Waals surface area (Å²) >= 11 is 6.30. The molecule has 0 radical (unpaired) electrons. The summed E-state index contributed by atoms with van der Waals surface area (Å²) in [6, 6.07) is 3.73. The molecule has 1 unspecified atom stereocenters. The van der Waals surface area contributed by atoms with Crippen molar-refractivity contribution in [3.63, 3.8) is 0 Å². The second-order valence-electron chi connectivity index (χ2n) is 5.41. The molecule has 0 saturated carbocycles. The molecule has 1 aliphatic rings. The van der Waals surface area contributed by atoms with Crippen molar-refractivity contribution in [3.05, 3.63) is 28.3 Å². The van der Waals surface area contributed by atoms with Crippen LogP contribution in [0.15, 0.2) is 12.1 Å². The van der Waals surface area contributed by atoms with Gasteiger partial charge in [0.1, 0.15) is 5.75 Å². The van der Waals surface area contributed by atoms with Crippen LogP contribution in [0.5, 0.6) is 5.75 Å². The highest BCUT2D eigenvalue weighted by Gasteiger charge is 2.33. The van der Waals surface area contributed by atoms with Gasteiger partial charge >= 0.3 is 0 Å². The monoisotopic (exact) mass is 253 g/mol. The number of phenolic OH excluding ortho intramolecular Hbond substituents is 1. The first-order valence-electron chi connectivity index (χ1n) is 6.22. The van der Waals surface area contributed by atoms with Crippen molar-refractivity contribution in [1.29, 1.82) is 0 Å². The number of hydrogen-bond acceptors (Lipinski definition) is 2. The third kappa shape index (κ3) is 2.29. The molecule has 2 nitrogen and oxygen atoms in total. The molecule has 1 aliphatic heterocycles. The maximum absolute atomic E-state index is 10.2. The van der Waals surface area contributed by atoms with Crippen LogP contribution < -0.4 is 5.32 Å². The van der Waals surface area contributed by atoms with Crippen LogP contribution in [0.4, 0.5) is 0 Å². The Hall–Kier alpha value is -0.730. The molecule has 0 aromatic heterocycles. The lowest BCUT2D eigenvalue weighted by molar-refractivity contribution is 0.394. The summed E-state index contributed by atoms with van der Waals surface area (Å²) < 4.78 is 0. The maximum Gasteiger partial charge on any atom is 0.121 e. The van der Waals surface area contributed by atoms with Crippen LogP contribution in [0.25, 0.3) is 0 Å². The highest BCUT2D eigenvalue weighted by atomic mass is 35.5. The smallest absolute Gasteiger partial charge is 0.121 e. The Morgan fingerprint density at radius 2 is 2.12 bits per heavy atom. The minimum absolute atomic E-state index is 0.136. The van der Waals surface area contributed by atoms with Crippen molar-refractivity contribution in [2.24, 2.45) is 0 Å². The van der Waals surface area contributed by atoms with Gasteiger partial charge in [0, 0.05) is 16.1 Å². The van der Waals surface area contributed by atoms with Crippen molar-refractivity contribution in [1.82, 2.24) is 5.32 Å². The van der Waals surface area contributed by atoms with Gasteiger partial charge in [-0.1, -0.05) is 25.4 Å². The van der Waals surface area contributed by atoms with Crippen LogP contribution in [0.1, 0.15) is 50.7 Å². The third-order valence-corrected chi connectivity index (χ3v) is 4.03. The van der Waals surface area contributed by atoms with Gasteiger partial charge < -0.3 is 10.4 Å². The standard InChI is InChI=1S/C14H20ClNO/c1-9(2)10-7-13(17)11(8-12(10)15)14(3)5-4-6-16-14/h7-9,16-17H,4-6H2,1-3H3. The molecule has 2 N–H and O–H groups in total. The van der Waals surface area contributed by atoms with E-state index in [4.69, 9.17) is 11.6 Å². The van der Waals surface area contributed by atoms with Crippen LogP contribution in [-0.4, -0.2) is 11.7 Å². The lowest BCUT2D eigenvalue weighted by atomic mass is 9.88. The average molecular weight is 254 g/mol. The van der Waals surface area contributed by atoms with Crippen LogP contribution >= 0.6 is 11.6 Å². The van der Waals surface area contributed by atoms with E-state index in [0.29, 0.717) is 11.7 Å². The molecule has 17 heavy (non-hydrogen) atoms. The predicted molar refractivity (Wildman–Crippen MR) is 71.8 cm³/mol. The van der Waals surface area contributed by atoms with E-state index >= 15 is 0 Å². The summed E-state index contributed by atoms with van der Waals surface area (Å²) in [5, 5.41) is 14.4. The summed E-state index contributed by atoms with van der Waals surface area (Å²) in [5.41, 5.74) is 1.79. The van der Waals surface area contributed by atoms with E-state index in [1.165, 1.54) is 0 Å². The molecule has 1 aromatic carbocycles. The topological polar surface area (TPSA) is 32.3 Å². The minimum atomic E-state index is -0.136. The van der Waals surface area contributed by atoms with Gasteiger partial charge in [-0.15, -0.1) is 0 Å². The Bertz CT molecular complexity index is 422. The fourth-order valence-corrected chi connectivity index (χ4v) is 2.97. The molecule has 0 aliphatic carbocycles. The molecule has 0 bridgehead atoms. The lowest BCUT2D eigenvalue weighted by Crippen LogP contribution is -2.33. The highest BCUT2D eigenvalue weighted by molar-refractivity contribution is 6.31. The van der Waals surface area contributed by atoms with Crippen LogP contribution in [-0.2, 0) is 5.54 Å². The second-order valence-corrected chi connectivity index (χ2v) is 5.82. The first kappa shape index (κ1) is 12.7. The molecule has 1 aromatic rings. The summed E-state index contributed by atoms with van der Waals surface area (Å²) in [6.45, 7) is 7.28. The largest absolute Gasteiger partial charge is 0.508 e. The number of benzene rings is 1. The van der Waals surface area contributed by atoms with E-state index in [9.17, 15) is 5.11 Å². The number of phenols is 1. The molecule has 1 fully saturated rings. The summed E-state index contributed by atoms with van der Waals surface area (Å²) in [5.74, 6) is 0.682. The van der Waals surface area contributed by atoms with Gasteiger partial charge in [-0.3, -0.25) is 0 Å². The SMILES string of the molecule is CC(C)c1cc(O)c(C2(C)CCCN2)cc1Cl. The van der Waals surface area contributed by atoms with Crippen LogP contribution in [0.3, 0.4) is 0 Å². The fourth-order valence-electron chi connectivity index (χ4n) is 2.59. The van der Waals surface area contributed by atoms with Gasteiger partial charge in [0.2, 0.25) is 0 Å². The summed E-state index contributed by atoms with van der Waals surface area (Å²) in [4.78, 5) is 0. The zero-order valence-electron chi connectivity index (χ0n) is 10.7. The van der Waals surface area contributed by atoms with Crippen molar-refractivity contribution in [2.75, 3.05) is 6.54 Å². The Balaban J connectivity index is 2.46. The molecule has 3 heteroatoms. The van der Waals surface area contributed by atoms with E-state index in [-0.39, 0.29) is 5.54 Å². The summed E-state index contributed by atoms with van der Waals surface area (Å²) in [6.07, 6.45) is 2.18. The Labute approximate surface area is 108 Å². The van der Waals surface area contributed by atoms with Crippen molar-refractivity contribution in [2.45, 2.75) is 45.1 Å². The van der Waals surface area contributed by atoms with Gasteiger partial charge in [0.25, 0.3) is 0 Å². The number of halogens is 1. The Morgan fingerprint density at radius 3 is 2.65 bits per heavy atom. The van der Waals surface area contributed by atoms with E-state index in [2.05, 4.69) is 26.1 Å². The first-order chi connectivity index (χ1) is 7.94. The van der Waals surface area contributed by atoms with Crippen LogP contribution in [0, 0.1) is 0 Å². The average Bonchev–Trinajstić information content (AvgIpc) is 2.69. The van der Waals surface area contributed by atoms with E-state index in [0.717, 1.165) is 35.5 Å². The number of rotatable bonds is 2. The maximum atomic E-state index is 10.2. The van der Waals surface area contributed by atoms with Crippen molar-refractivity contribution in [3.8, 4) is 5.75 Å². The Morgan fingerprint density at radius 1 is 1.41 bits per heavy atom. The zero-order valence-corrected chi connectivity index (χ0v) is 11.4. The van der Waals surface area contributed by atoms with Gasteiger partial charge in [-0.05, 0) is 49.9 Å². The zero-order chi connectivity index (χ0) is 12.6. The highest BCUT2D eigenvalue weighted by Crippen LogP contribution is 2.40. The van der Waals surface area contributed by atoms with Crippen LogP contribution in [0.2, 0.25) is 5.02 Å². The van der Waals surface area contributed by atoms with E-state index < -0.39 is 0 Å². The molecule has 0 amide bonds. The molecule has 1 saturated heterocycles. The molecular weight excluding hydrogens is 234 g/mol. The molecule has 1 atom stereocenters. The number of hydrogen-bond donors (Lipinski definition) is 2. The minimum Gasteiger partial charge on any atom is -0.508 e. The van der Waals surface area contributed by atoms with Gasteiger partial charge in [-0.25, -0.2) is 0 Å². The van der Waals surface area contributed by atoms with Crippen molar-refractivity contribution < 1.29 is 5.11 Å². The number of aromatic hydroxyl groups is 1. The van der Waals surface area contributed by atoms with Crippen molar-refractivity contribution >= 4 is 11.6 Å². The Kier molecular flexibility index (Phi) is 3.37. The molecule has 94 valence electrons. The van der Waals surface area contributed by atoms with Gasteiger partial charge in [-0.2, -0.15) is 0 Å². The molecule has 2 rings (SSSR count). The molecular formula is C14H20ClNO. The second kappa shape index (κ2) is 4.51. The lowest BCUT2D eigenvalue weighted by Gasteiger charge is -2.27. The normalized spacial score (nSPS) is 24.5. The third-order valence-electron chi connectivity index (χ3n) is 3.70. The van der Waals surface area contributed by atoms with Gasteiger partial charge in [0.05, 0.1) is 0 Å². The van der Waals surface area contributed by atoms with E-state index in [1.807, 2.05) is 12.1 Å². The van der Waals surface area contributed by atoms with Gasteiger partial charge in [0.15, 0.2) is 0 Å². The predicted octanol–water partition coefficient (Wildman–Crippen LogP) is 3.77.